The molecule has 1 aromatic carbocycles. The molecule has 0 aliphatic heterocycles. The fourth-order valence-electron chi connectivity index (χ4n) is 1.53. The van der Waals surface area contributed by atoms with Crippen molar-refractivity contribution in [1.82, 2.24) is 5.32 Å². The summed E-state index contributed by atoms with van der Waals surface area (Å²) in [5.41, 5.74) is 1.46. The Bertz CT molecular complexity index is 218. The van der Waals surface area contributed by atoms with Crippen molar-refractivity contribution in [1.29, 1.82) is 0 Å². The fourth-order valence-corrected chi connectivity index (χ4v) is 1.53. The monoisotopic (exact) mass is 177 g/mol. The normalized spacial score (nSPS) is 12.8. The Hall–Kier alpha value is -0.820. The Morgan fingerprint density at radius 1 is 1.23 bits per heavy atom. The Balaban J connectivity index is 2.35. The molecule has 0 amide bonds. The van der Waals surface area contributed by atoms with Crippen LogP contribution in [-0.4, -0.2) is 13.6 Å². The van der Waals surface area contributed by atoms with E-state index in [1.54, 1.807) is 0 Å². The minimum atomic E-state index is 0.689. The van der Waals surface area contributed by atoms with Gasteiger partial charge < -0.3 is 5.32 Å². The first-order valence-electron chi connectivity index (χ1n) is 5.04. The van der Waals surface area contributed by atoms with Crippen molar-refractivity contribution in [2.45, 2.75) is 25.7 Å². The molecule has 0 saturated carbocycles. The van der Waals surface area contributed by atoms with Gasteiger partial charge in [0.1, 0.15) is 0 Å². The van der Waals surface area contributed by atoms with E-state index in [0.717, 1.165) is 6.54 Å². The van der Waals surface area contributed by atoms with E-state index in [4.69, 9.17) is 0 Å². The van der Waals surface area contributed by atoms with Gasteiger partial charge in [-0.1, -0.05) is 37.3 Å². The first kappa shape index (κ1) is 10.3. The van der Waals surface area contributed by atoms with Gasteiger partial charge in [0, 0.05) is 0 Å². The highest BCUT2D eigenvalue weighted by molar-refractivity contribution is 5.18. The highest BCUT2D eigenvalue weighted by Gasteiger charge is 2.02. The van der Waals surface area contributed by atoms with Crippen molar-refractivity contribution < 1.29 is 0 Å². The molecule has 1 N–H and O–H groups in total. The number of benzene rings is 1. The smallest absolute Gasteiger partial charge is 0.00517 e. The summed E-state index contributed by atoms with van der Waals surface area (Å²) in [5, 5.41) is 3.17. The molecule has 0 heterocycles. The zero-order chi connectivity index (χ0) is 9.52. The quantitative estimate of drug-likeness (QED) is 0.682. The Kier molecular flexibility index (Phi) is 4.55. The number of rotatable bonds is 5. The van der Waals surface area contributed by atoms with Crippen LogP contribution < -0.4 is 5.32 Å². The average Bonchev–Trinajstić information content (AvgIpc) is 2.19. The molecule has 13 heavy (non-hydrogen) atoms. The predicted molar refractivity (Wildman–Crippen MR) is 58.0 cm³/mol. The summed E-state index contributed by atoms with van der Waals surface area (Å²) in [7, 11) is 2.01. The van der Waals surface area contributed by atoms with Gasteiger partial charge in [-0.05, 0) is 37.9 Å². The van der Waals surface area contributed by atoms with Gasteiger partial charge in [0.15, 0.2) is 0 Å². The first-order chi connectivity index (χ1) is 6.34. The molecule has 1 aromatic rings. The van der Waals surface area contributed by atoms with Gasteiger partial charge in [0.25, 0.3) is 0 Å². The Labute approximate surface area is 81.2 Å². The molecule has 72 valence electrons. The highest BCUT2D eigenvalue weighted by Crippen LogP contribution is 2.19. The molecule has 1 unspecified atom stereocenters. The molecular formula is C12H19N. The molecule has 1 heteroatoms. The van der Waals surface area contributed by atoms with Gasteiger partial charge >= 0.3 is 0 Å². The molecule has 1 atom stereocenters. The number of hydrogen-bond donors (Lipinski definition) is 1. The van der Waals surface area contributed by atoms with E-state index in [0.29, 0.717) is 5.92 Å². The molecule has 0 radical (unpaired) electrons. The minimum absolute atomic E-state index is 0.689. The van der Waals surface area contributed by atoms with Crippen LogP contribution in [0, 0.1) is 0 Å². The Morgan fingerprint density at radius 2 is 1.92 bits per heavy atom. The van der Waals surface area contributed by atoms with E-state index in [9.17, 15) is 0 Å². The second-order valence-corrected chi connectivity index (χ2v) is 3.56. The van der Waals surface area contributed by atoms with E-state index < -0.39 is 0 Å². The van der Waals surface area contributed by atoms with Crippen LogP contribution in [0.25, 0.3) is 0 Å². The van der Waals surface area contributed by atoms with E-state index >= 15 is 0 Å². The van der Waals surface area contributed by atoms with Crippen LogP contribution in [0.3, 0.4) is 0 Å². The van der Waals surface area contributed by atoms with Crippen molar-refractivity contribution in [3.8, 4) is 0 Å². The summed E-state index contributed by atoms with van der Waals surface area (Å²) < 4.78 is 0. The van der Waals surface area contributed by atoms with E-state index in [1.165, 1.54) is 18.4 Å². The lowest BCUT2D eigenvalue weighted by Gasteiger charge is -2.10. The molecule has 1 rings (SSSR count). The number of hydrogen-bond acceptors (Lipinski definition) is 1. The molecule has 0 aliphatic rings. The van der Waals surface area contributed by atoms with Crippen LogP contribution in [0.4, 0.5) is 0 Å². The maximum atomic E-state index is 3.17. The second kappa shape index (κ2) is 5.76. The fraction of sp³-hybridized carbons (Fsp3) is 0.500. The SMILES string of the molecule is CNCCCC(C)c1ccccc1. The maximum Gasteiger partial charge on any atom is -0.00517 e. The standard InChI is InChI=1S/C12H19N/c1-11(7-6-10-13-2)12-8-4-3-5-9-12/h3-5,8-9,11,13H,6-7,10H2,1-2H3. The van der Waals surface area contributed by atoms with Crippen molar-refractivity contribution in [3.05, 3.63) is 35.9 Å². The van der Waals surface area contributed by atoms with Crippen molar-refractivity contribution >= 4 is 0 Å². The van der Waals surface area contributed by atoms with E-state index in [-0.39, 0.29) is 0 Å². The molecule has 0 aromatic heterocycles. The van der Waals surface area contributed by atoms with Gasteiger partial charge in [0.2, 0.25) is 0 Å². The summed E-state index contributed by atoms with van der Waals surface area (Å²) in [6.07, 6.45) is 2.53. The second-order valence-electron chi connectivity index (χ2n) is 3.56. The highest BCUT2D eigenvalue weighted by atomic mass is 14.8. The molecular weight excluding hydrogens is 158 g/mol. The number of nitrogens with one attached hydrogen (secondary N) is 1. The average molecular weight is 177 g/mol. The lowest BCUT2D eigenvalue weighted by Crippen LogP contribution is -2.08. The van der Waals surface area contributed by atoms with E-state index in [1.807, 2.05) is 7.05 Å². The maximum absolute atomic E-state index is 3.17. The molecule has 0 aliphatic carbocycles. The third-order valence-corrected chi connectivity index (χ3v) is 2.43. The zero-order valence-corrected chi connectivity index (χ0v) is 8.59. The van der Waals surface area contributed by atoms with Crippen LogP contribution >= 0.6 is 0 Å². The lowest BCUT2D eigenvalue weighted by atomic mass is 9.96. The Morgan fingerprint density at radius 3 is 2.54 bits per heavy atom. The van der Waals surface area contributed by atoms with Crippen LogP contribution in [0.2, 0.25) is 0 Å². The summed E-state index contributed by atoms with van der Waals surface area (Å²) >= 11 is 0. The van der Waals surface area contributed by atoms with Gasteiger partial charge in [-0.25, -0.2) is 0 Å². The molecule has 0 bridgehead atoms. The van der Waals surface area contributed by atoms with Crippen LogP contribution in [0.1, 0.15) is 31.2 Å². The van der Waals surface area contributed by atoms with Gasteiger partial charge in [0.05, 0.1) is 0 Å². The van der Waals surface area contributed by atoms with Crippen LogP contribution in [0.5, 0.6) is 0 Å². The van der Waals surface area contributed by atoms with Crippen LogP contribution in [-0.2, 0) is 0 Å². The third kappa shape index (κ3) is 3.60. The zero-order valence-electron chi connectivity index (χ0n) is 8.59. The topological polar surface area (TPSA) is 12.0 Å². The predicted octanol–water partition coefficient (Wildman–Crippen LogP) is 2.79. The third-order valence-electron chi connectivity index (χ3n) is 2.43. The van der Waals surface area contributed by atoms with Gasteiger partial charge in [-0.15, -0.1) is 0 Å². The lowest BCUT2D eigenvalue weighted by molar-refractivity contribution is 0.608. The van der Waals surface area contributed by atoms with Crippen molar-refractivity contribution in [2.75, 3.05) is 13.6 Å². The molecule has 0 spiro atoms. The van der Waals surface area contributed by atoms with Crippen LogP contribution in [0.15, 0.2) is 30.3 Å². The summed E-state index contributed by atoms with van der Waals surface area (Å²) in [6, 6.07) is 10.7. The summed E-state index contributed by atoms with van der Waals surface area (Å²) in [6.45, 7) is 3.42. The van der Waals surface area contributed by atoms with Crippen molar-refractivity contribution in [3.63, 3.8) is 0 Å². The van der Waals surface area contributed by atoms with Gasteiger partial charge in [-0.2, -0.15) is 0 Å². The van der Waals surface area contributed by atoms with Crippen molar-refractivity contribution in [2.24, 2.45) is 0 Å². The summed E-state index contributed by atoms with van der Waals surface area (Å²) in [4.78, 5) is 0. The van der Waals surface area contributed by atoms with E-state index in [2.05, 4.69) is 42.6 Å². The first-order valence-corrected chi connectivity index (χ1v) is 5.04. The van der Waals surface area contributed by atoms with Gasteiger partial charge in [-0.3, -0.25) is 0 Å². The molecule has 1 nitrogen and oxygen atoms in total. The summed E-state index contributed by atoms with van der Waals surface area (Å²) in [5.74, 6) is 0.689. The minimum Gasteiger partial charge on any atom is -0.320 e. The molecule has 0 fully saturated rings. The largest absolute Gasteiger partial charge is 0.320 e. The molecule has 0 saturated heterocycles.